The molecule has 1 amide bonds. The number of ether oxygens (including phenoxy) is 1. The summed E-state index contributed by atoms with van der Waals surface area (Å²) in [7, 11) is 1.34. The van der Waals surface area contributed by atoms with Crippen LogP contribution in [0.15, 0.2) is 23.8 Å². The van der Waals surface area contributed by atoms with Gasteiger partial charge >= 0.3 is 5.69 Å². The van der Waals surface area contributed by atoms with Crippen molar-refractivity contribution in [1.29, 1.82) is 5.26 Å². The lowest BCUT2D eigenvalue weighted by molar-refractivity contribution is -0.385. The van der Waals surface area contributed by atoms with Crippen molar-refractivity contribution in [2.45, 2.75) is 38.1 Å². The van der Waals surface area contributed by atoms with Crippen molar-refractivity contribution in [1.82, 2.24) is 5.32 Å². The fraction of sp³-hybridized carbons (Fsp3) is 0.412. The molecule has 1 aliphatic rings. The fourth-order valence-electron chi connectivity index (χ4n) is 2.76. The zero-order chi connectivity index (χ0) is 17.5. The molecule has 24 heavy (non-hydrogen) atoms. The molecule has 0 bridgehead atoms. The van der Waals surface area contributed by atoms with Crippen molar-refractivity contribution in [2.75, 3.05) is 7.11 Å². The van der Waals surface area contributed by atoms with Gasteiger partial charge in [0.25, 0.3) is 5.91 Å². The average molecular weight is 329 g/mol. The standard InChI is InChI=1S/C17H19N3O4/c1-24-16-8-7-12(10-15(16)20(22)23)9-13(11-18)17(21)19-14-5-3-2-4-6-14/h7-10,14H,2-6H2,1H3,(H,19,21)/b13-9+. The van der Waals surface area contributed by atoms with E-state index in [1.807, 2.05) is 6.07 Å². The normalized spacial score (nSPS) is 15.4. The molecule has 0 saturated heterocycles. The Balaban J connectivity index is 2.20. The predicted molar refractivity (Wildman–Crippen MR) is 88.3 cm³/mol. The summed E-state index contributed by atoms with van der Waals surface area (Å²) in [5, 5.41) is 23.1. The highest BCUT2D eigenvalue weighted by Crippen LogP contribution is 2.28. The molecule has 7 heteroatoms. The number of benzene rings is 1. The van der Waals surface area contributed by atoms with Gasteiger partial charge in [0.15, 0.2) is 5.75 Å². The second-order valence-corrected chi connectivity index (χ2v) is 5.67. The highest BCUT2D eigenvalue weighted by atomic mass is 16.6. The van der Waals surface area contributed by atoms with Gasteiger partial charge in [0.2, 0.25) is 0 Å². The third-order valence-electron chi connectivity index (χ3n) is 4.02. The minimum atomic E-state index is -0.565. The second kappa shape index (κ2) is 8.11. The van der Waals surface area contributed by atoms with Crippen LogP contribution in [0.25, 0.3) is 6.08 Å². The molecule has 2 rings (SSSR count). The maximum Gasteiger partial charge on any atom is 0.311 e. The summed E-state index contributed by atoms with van der Waals surface area (Å²) < 4.78 is 4.93. The van der Waals surface area contributed by atoms with Gasteiger partial charge in [-0.1, -0.05) is 25.3 Å². The van der Waals surface area contributed by atoms with Gasteiger partial charge in [-0.05, 0) is 30.5 Å². The molecule has 0 spiro atoms. The number of nitrogens with one attached hydrogen (secondary N) is 1. The van der Waals surface area contributed by atoms with Crippen molar-refractivity contribution in [3.05, 3.63) is 39.4 Å². The molecule has 1 saturated carbocycles. The highest BCUT2D eigenvalue weighted by Gasteiger charge is 2.19. The number of nitriles is 1. The summed E-state index contributed by atoms with van der Waals surface area (Å²) in [6.07, 6.45) is 6.49. The molecule has 0 aromatic heterocycles. The van der Waals surface area contributed by atoms with Crippen molar-refractivity contribution in [2.24, 2.45) is 0 Å². The average Bonchev–Trinajstić information content (AvgIpc) is 2.60. The summed E-state index contributed by atoms with van der Waals surface area (Å²) in [4.78, 5) is 22.7. The van der Waals surface area contributed by atoms with E-state index in [9.17, 15) is 20.2 Å². The van der Waals surface area contributed by atoms with E-state index in [1.54, 1.807) is 6.07 Å². The molecular weight excluding hydrogens is 310 g/mol. The largest absolute Gasteiger partial charge is 0.490 e. The first-order valence-electron chi connectivity index (χ1n) is 7.80. The number of nitro benzene ring substituents is 1. The maximum atomic E-state index is 12.2. The zero-order valence-electron chi connectivity index (χ0n) is 13.4. The van der Waals surface area contributed by atoms with E-state index in [-0.39, 0.29) is 23.1 Å². The lowest BCUT2D eigenvalue weighted by Crippen LogP contribution is -2.36. The van der Waals surface area contributed by atoms with E-state index in [1.165, 1.54) is 31.7 Å². The van der Waals surface area contributed by atoms with Gasteiger partial charge in [0.05, 0.1) is 12.0 Å². The third-order valence-corrected chi connectivity index (χ3v) is 4.02. The molecule has 1 aromatic rings. The zero-order valence-corrected chi connectivity index (χ0v) is 13.4. The Morgan fingerprint density at radius 3 is 2.71 bits per heavy atom. The van der Waals surface area contributed by atoms with Crippen molar-refractivity contribution < 1.29 is 14.5 Å². The minimum Gasteiger partial charge on any atom is -0.490 e. The van der Waals surface area contributed by atoms with Gasteiger partial charge in [-0.15, -0.1) is 0 Å². The molecular formula is C17H19N3O4. The quantitative estimate of drug-likeness (QED) is 0.387. The van der Waals surface area contributed by atoms with Gasteiger partial charge in [-0.25, -0.2) is 0 Å². The Kier molecular flexibility index (Phi) is 5.90. The molecule has 7 nitrogen and oxygen atoms in total. The molecule has 1 aliphatic carbocycles. The van der Waals surface area contributed by atoms with Crippen LogP contribution >= 0.6 is 0 Å². The van der Waals surface area contributed by atoms with Crippen LogP contribution in [0.4, 0.5) is 5.69 Å². The Morgan fingerprint density at radius 1 is 1.42 bits per heavy atom. The van der Waals surface area contributed by atoms with Crippen LogP contribution in [-0.4, -0.2) is 24.0 Å². The number of nitro groups is 1. The number of hydrogen-bond acceptors (Lipinski definition) is 5. The molecule has 1 aromatic carbocycles. The smallest absolute Gasteiger partial charge is 0.311 e. The Hall–Kier alpha value is -2.88. The van der Waals surface area contributed by atoms with Gasteiger partial charge in [-0.2, -0.15) is 5.26 Å². The van der Waals surface area contributed by atoms with Gasteiger partial charge in [0.1, 0.15) is 11.6 Å². The maximum absolute atomic E-state index is 12.2. The molecule has 0 radical (unpaired) electrons. The van der Waals surface area contributed by atoms with E-state index < -0.39 is 10.8 Å². The molecule has 0 atom stereocenters. The molecule has 126 valence electrons. The first-order chi connectivity index (χ1) is 11.5. The number of carbonyl (C=O) groups is 1. The van der Waals surface area contributed by atoms with Gasteiger partial charge < -0.3 is 10.1 Å². The SMILES string of the molecule is COc1ccc(/C=C(\C#N)C(=O)NC2CCCCC2)cc1[N+](=O)[O-]. The monoisotopic (exact) mass is 329 g/mol. The summed E-state index contributed by atoms with van der Waals surface area (Å²) in [5.74, 6) is -0.315. The number of carbonyl (C=O) groups excluding carboxylic acids is 1. The van der Waals surface area contributed by atoms with E-state index in [0.29, 0.717) is 5.56 Å². The lowest BCUT2D eigenvalue weighted by Gasteiger charge is -2.22. The van der Waals surface area contributed by atoms with Crippen LogP contribution in [0.1, 0.15) is 37.7 Å². The Bertz CT molecular complexity index is 700. The number of amides is 1. The highest BCUT2D eigenvalue weighted by molar-refractivity contribution is 6.01. The molecule has 0 heterocycles. The fourth-order valence-corrected chi connectivity index (χ4v) is 2.76. The molecule has 0 aliphatic heterocycles. The van der Waals surface area contributed by atoms with Gasteiger partial charge in [0, 0.05) is 12.1 Å². The van der Waals surface area contributed by atoms with Crippen LogP contribution in [0.5, 0.6) is 5.75 Å². The van der Waals surface area contributed by atoms with Crippen molar-refractivity contribution in [3.63, 3.8) is 0 Å². The van der Waals surface area contributed by atoms with E-state index in [0.717, 1.165) is 25.7 Å². The summed E-state index contributed by atoms with van der Waals surface area (Å²) in [6.45, 7) is 0. The Labute approximate surface area is 140 Å². The third kappa shape index (κ3) is 4.32. The predicted octanol–water partition coefficient (Wildman–Crippen LogP) is 2.96. The van der Waals surface area contributed by atoms with Crippen molar-refractivity contribution >= 4 is 17.7 Å². The summed E-state index contributed by atoms with van der Waals surface area (Å²) in [5.41, 5.74) is 0.120. The first kappa shape index (κ1) is 17.5. The van der Waals surface area contributed by atoms with Crippen LogP contribution < -0.4 is 10.1 Å². The topological polar surface area (TPSA) is 105 Å². The number of rotatable bonds is 5. The van der Waals surface area contributed by atoms with Gasteiger partial charge in [-0.3, -0.25) is 14.9 Å². The summed E-state index contributed by atoms with van der Waals surface area (Å²) in [6, 6.07) is 6.25. The second-order valence-electron chi connectivity index (χ2n) is 5.67. The Morgan fingerprint density at radius 2 is 2.12 bits per heavy atom. The number of nitrogens with zero attached hydrogens (tertiary/aromatic N) is 2. The van der Waals surface area contributed by atoms with Crippen LogP contribution in [0, 0.1) is 21.4 Å². The van der Waals surface area contributed by atoms with E-state index >= 15 is 0 Å². The number of hydrogen-bond donors (Lipinski definition) is 1. The molecule has 1 N–H and O–H groups in total. The summed E-state index contributed by atoms with van der Waals surface area (Å²) >= 11 is 0. The number of methoxy groups -OCH3 is 1. The van der Waals surface area contributed by atoms with Crippen LogP contribution in [-0.2, 0) is 4.79 Å². The van der Waals surface area contributed by atoms with Crippen LogP contribution in [0.2, 0.25) is 0 Å². The molecule has 0 unspecified atom stereocenters. The van der Waals surface area contributed by atoms with E-state index in [2.05, 4.69) is 5.32 Å². The lowest BCUT2D eigenvalue weighted by atomic mass is 9.95. The minimum absolute atomic E-state index is 0.0694. The molecule has 1 fully saturated rings. The van der Waals surface area contributed by atoms with E-state index in [4.69, 9.17) is 4.74 Å². The van der Waals surface area contributed by atoms with Crippen molar-refractivity contribution in [3.8, 4) is 11.8 Å². The first-order valence-corrected chi connectivity index (χ1v) is 7.80. The van der Waals surface area contributed by atoms with Crippen LogP contribution in [0.3, 0.4) is 0 Å².